The molecular weight excluding hydrogens is 158 g/mol. The summed E-state index contributed by atoms with van der Waals surface area (Å²) in [6.07, 6.45) is 3.64. The second-order valence-corrected chi connectivity index (χ2v) is 2.68. The highest BCUT2D eigenvalue weighted by atomic mass is 32.1. The number of aromatic nitrogens is 2. The average molecular weight is 169 g/mol. The Balaban J connectivity index is 2.64. The molecule has 4 heteroatoms. The molecule has 3 nitrogen and oxygen atoms in total. The van der Waals surface area contributed by atoms with E-state index in [2.05, 4.69) is 9.97 Å². The Bertz CT molecular complexity index is 268. The fourth-order valence-electron chi connectivity index (χ4n) is 0.845. The Morgan fingerprint density at radius 2 is 2.45 bits per heavy atom. The first-order chi connectivity index (χ1) is 5.33. The van der Waals surface area contributed by atoms with Crippen molar-refractivity contribution in [2.45, 2.75) is 12.8 Å². The molecule has 3 N–H and O–H groups in total. The standard InChI is InChI=1S/C7H11N3S/c8-4-1-2-6-3-5-9-7(11)10-6/h3,5H,1-2,4,8H2,(H,9,10,11). The van der Waals surface area contributed by atoms with Crippen LogP contribution in [0, 0.1) is 4.77 Å². The molecule has 1 aromatic rings. The monoisotopic (exact) mass is 169 g/mol. The van der Waals surface area contributed by atoms with Crippen LogP contribution in [0.5, 0.6) is 0 Å². The van der Waals surface area contributed by atoms with Gasteiger partial charge < -0.3 is 10.7 Å². The number of H-pyrrole nitrogens is 1. The van der Waals surface area contributed by atoms with E-state index in [0.29, 0.717) is 11.3 Å². The molecule has 0 bridgehead atoms. The van der Waals surface area contributed by atoms with E-state index in [-0.39, 0.29) is 0 Å². The smallest absolute Gasteiger partial charge is 0.196 e. The van der Waals surface area contributed by atoms with Crippen LogP contribution in [0.1, 0.15) is 12.1 Å². The van der Waals surface area contributed by atoms with Crippen molar-refractivity contribution in [1.29, 1.82) is 0 Å². The number of rotatable bonds is 3. The molecule has 1 heterocycles. The van der Waals surface area contributed by atoms with Crippen LogP contribution in [0.25, 0.3) is 0 Å². The lowest BCUT2D eigenvalue weighted by molar-refractivity contribution is 0.803. The van der Waals surface area contributed by atoms with Gasteiger partial charge in [-0.25, -0.2) is 4.98 Å². The number of hydrogen-bond donors (Lipinski definition) is 2. The predicted octanol–water partition coefficient (Wildman–Crippen LogP) is 1.03. The van der Waals surface area contributed by atoms with Gasteiger partial charge in [0.1, 0.15) is 0 Å². The van der Waals surface area contributed by atoms with Gasteiger partial charge in [-0.3, -0.25) is 0 Å². The summed E-state index contributed by atoms with van der Waals surface area (Å²) in [4.78, 5) is 6.87. The van der Waals surface area contributed by atoms with Crippen LogP contribution in [0.3, 0.4) is 0 Å². The zero-order chi connectivity index (χ0) is 8.10. The van der Waals surface area contributed by atoms with Crippen LogP contribution in [0.2, 0.25) is 0 Å². The predicted molar refractivity (Wildman–Crippen MR) is 46.8 cm³/mol. The van der Waals surface area contributed by atoms with Crippen LogP contribution in [-0.2, 0) is 6.42 Å². The first-order valence-corrected chi connectivity index (χ1v) is 3.98. The van der Waals surface area contributed by atoms with E-state index in [9.17, 15) is 0 Å². The normalized spacial score (nSPS) is 9.91. The number of aromatic amines is 1. The summed E-state index contributed by atoms with van der Waals surface area (Å²) in [5.41, 5.74) is 6.47. The van der Waals surface area contributed by atoms with Crippen molar-refractivity contribution in [1.82, 2.24) is 9.97 Å². The van der Waals surface area contributed by atoms with Gasteiger partial charge in [-0.15, -0.1) is 0 Å². The fraction of sp³-hybridized carbons (Fsp3) is 0.429. The molecule has 60 valence electrons. The zero-order valence-electron chi connectivity index (χ0n) is 6.21. The van der Waals surface area contributed by atoms with Crippen LogP contribution in [0.4, 0.5) is 0 Å². The van der Waals surface area contributed by atoms with Gasteiger partial charge in [0.25, 0.3) is 0 Å². The van der Waals surface area contributed by atoms with Crippen molar-refractivity contribution in [2.24, 2.45) is 5.73 Å². The van der Waals surface area contributed by atoms with E-state index in [1.807, 2.05) is 6.07 Å². The highest BCUT2D eigenvalue weighted by Gasteiger charge is 1.90. The largest absolute Gasteiger partial charge is 0.335 e. The summed E-state index contributed by atoms with van der Waals surface area (Å²) in [5.74, 6) is 0. The second-order valence-electron chi connectivity index (χ2n) is 2.29. The Morgan fingerprint density at radius 1 is 1.64 bits per heavy atom. The Kier molecular flexibility index (Phi) is 3.19. The number of aryl methyl sites for hydroxylation is 1. The minimum atomic E-state index is 0.541. The van der Waals surface area contributed by atoms with Crippen LogP contribution in [0.15, 0.2) is 12.3 Å². The third-order valence-corrected chi connectivity index (χ3v) is 1.59. The maximum absolute atomic E-state index is 5.36. The van der Waals surface area contributed by atoms with Gasteiger partial charge in [0.05, 0.1) is 0 Å². The van der Waals surface area contributed by atoms with Crippen molar-refractivity contribution in [3.8, 4) is 0 Å². The molecule has 0 fully saturated rings. The SMILES string of the molecule is NCCCc1ccnc(=S)[nH]1. The first kappa shape index (κ1) is 8.36. The number of hydrogen-bond acceptors (Lipinski definition) is 3. The summed E-state index contributed by atoms with van der Waals surface area (Å²) in [5, 5.41) is 0. The van der Waals surface area contributed by atoms with E-state index < -0.39 is 0 Å². The molecule has 0 aliphatic heterocycles. The minimum absolute atomic E-state index is 0.541. The van der Waals surface area contributed by atoms with Crippen molar-refractivity contribution in [2.75, 3.05) is 6.54 Å². The maximum Gasteiger partial charge on any atom is 0.196 e. The fourth-order valence-corrected chi connectivity index (χ4v) is 1.04. The average Bonchev–Trinajstić information content (AvgIpc) is 2.01. The summed E-state index contributed by atoms with van der Waals surface area (Å²) in [6, 6.07) is 1.92. The van der Waals surface area contributed by atoms with Crippen molar-refractivity contribution < 1.29 is 0 Å². The van der Waals surface area contributed by atoms with Crippen LogP contribution in [-0.4, -0.2) is 16.5 Å². The molecule has 11 heavy (non-hydrogen) atoms. The summed E-state index contributed by atoms with van der Waals surface area (Å²) >= 11 is 4.85. The summed E-state index contributed by atoms with van der Waals surface area (Å²) in [6.45, 7) is 0.711. The number of nitrogens with zero attached hydrogens (tertiary/aromatic N) is 1. The van der Waals surface area contributed by atoms with E-state index in [4.69, 9.17) is 18.0 Å². The summed E-state index contributed by atoms with van der Waals surface area (Å²) < 4.78 is 0.541. The van der Waals surface area contributed by atoms with Gasteiger partial charge in [-0.2, -0.15) is 0 Å². The lowest BCUT2D eigenvalue weighted by atomic mass is 10.2. The van der Waals surface area contributed by atoms with Crippen molar-refractivity contribution in [3.63, 3.8) is 0 Å². The highest BCUT2D eigenvalue weighted by molar-refractivity contribution is 7.71. The topological polar surface area (TPSA) is 54.7 Å². The quantitative estimate of drug-likeness (QED) is 0.664. The molecule has 0 unspecified atom stereocenters. The third-order valence-electron chi connectivity index (χ3n) is 1.39. The van der Waals surface area contributed by atoms with Crippen molar-refractivity contribution in [3.05, 3.63) is 22.7 Å². The third kappa shape index (κ3) is 2.78. The van der Waals surface area contributed by atoms with Gasteiger partial charge in [0.2, 0.25) is 0 Å². The van der Waals surface area contributed by atoms with Gasteiger partial charge in [0, 0.05) is 11.9 Å². The Morgan fingerprint density at radius 3 is 3.09 bits per heavy atom. The molecule has 1 aromatic heterocycles. The molecule has 0 saturated heterocycles. The molecule has 0 aromatic carbocycles. The first-order valence-electron chi connectivity index (χ1n) is 3.57. The Labute approximate surface area is 70.7 Å². The number of nitrogens with one attached hydrogen (secondary N) is 1. The maximum atomic E-state index is 5.36. The molecule has 0 amide bonds. The Hall–Kier alpha value is -0.740. The molecular formula is C7H11N3S. The van der Waals surface area contributed by atoms with E-state index >= 15 is 0 Å². The molecule has 0 spiro atoms. The minimum Gasteiger partial charge on any atom is -0.335 e. The lowest BCUT2D eigenvalue weighted by Crippen LogP contribution is -2.01. The molecule has 0 radical (unpaired) electrons. The second kappa shape index (κ2) is 4.20. The van der Waals surface area contributed by atoms with E-state index in [0.717, 1.165) is 18.5 Å². The molecule has 0 aliphatic carbocycles. The molecule has 0 aliphatic rings. The highest BCUT2D eigenvalue weighted by Crippen LogP contribution is 1.95. The molecule has 0 saturated carbocycles. The van der Waals surface area contributed by atoms with Gasteiger partial charge in [0.15, 0.2) is 4.77 Å². The molecule has 0 atom stereocenters. The van der Waals surface area contributed by atoms with E-state index in [1.165, 1.54) is 0 Å². The van der Waals surface area contributed by atoms with Crippen LogP contribution < -0.4 is 5.73 Å². The lowest BCUT2D eigenvalue weighted by Gasteiger charge is -1.97. The van der Waals surface area contributed by atoms with Gasteiger partial charge in [-0.05, 0) is 37.7 Å². The number of nitrogens with two attached hydrogens (primary N) is 1. The van der Waals surface area contributed by atoms with Crippen molar-refractivity contribution >= 4 is 12.2 Å². The summed E-state index contributed by atoms with van der Waals surface area (Å²) in [7, 11) is 0. The van der Waals surface area contributed by atoms with Gasteiger partial charge >= 0.3 is 0 Å². The zero-order valence-corrected chi connectivity index (χ0v) is 7.03. The van der Waals surface area contributed by atoms with Crippen LogP contribution >= 0.6 is 12.2 Å². The van der Waals surface area contributed by atoms with Gasteiger partial charge in [-0.1, -0.05) is 0 Å². The molecule has 1 rings (SSSR count). The van der Waals surface area contributed by atoms with E-state index in [1.54, 1.807) is 6.20 Å².